The van der Waals surface area contributed by atoms with Crippen LogP contribution in [0.3, 0.4) is 0 Å². The summed E-state index contributed by atoms with van der Waals surface area (Å²) in [5, 5.41) is 16.8. The normalized spacial score (nSPS) is 13.3. The van der Waals surface area contributed by atoms with Gasteiger partial charge in [-0.1, -0.05) is 31.2 Å². The first kappa shape index (κ1) is 29.4. The van der Waals surface area contributed by atoms with Crippen LogP contribution in [0.5, 0.6) is 0 Å². The highest BCUT2D eigenvalue weighted by Gasteiger charge is 2.24. The summed E-state index contributed by atoms with van der Waals surface area (Å²) in [4.78, 5) is 13.0. The summed E-state index contributed by atoms with van der Waals surface area (Å²) in [5.74, 6) is -2.08. The fourth-order valence-electron chi connectivity index (χ4n) is 3.97. The van der Waals surface area contributed by atoms with Crippen LogP contribution in [0.25, 0.3) is 0 Å². The minimum absolute atomic E-state index is 0.0261. The monoisotopic (exact) mass is 545 g/mol. The van der Waals surface area contributed by atoms with Crippen molar-refractivity contribution in [1.29, 1.82) is 0 Å². The lowest BCUT2D eigenvalue weighted by atomic mass is 10.00. The van der Waals surface area contributed by atoms with E-state index in [-0.39, 0.29) is 29.0 Å². The number of hydrogen-bond donors (Lipinski definition) is 3. The SMILES string of the molecule is CCc1cccc(CNC[C@@H](O)[C@H](Cc2cc(F)cc(F)c2)NC(=O)c2ccc(S(=O)(=O)N(C)C)cc2)c1. The number of amides is 1. The van der Waals surface area contributed by atoms with Gasteiger partial charge in [-0.05, 0) is 65.9 Å². The molecule has 0 aliphatic rings. The lowest BCUT2D eigenvalue weighted by Gasteiger charge is -2.25. The number of aliphatic hydroxyl groups is 1. The van der Waals surface area contributed by atoms with Crippen LogP contribution in [0.15, 0.2) is 71.6 Å². The lowest BCUT2D eigenvalue weighted by molar-refractivity contribution is 0.0829. The number of benzene rings is 3. The van der Waals surface area contributed by atoms with Crippen LogP contribution in [-0.2, 0) is 29.4 Å². The van der Waals surface area contributed by atoms with E-state index in [4.69, 9.17) is 0 Å². The van der Waals surface area contributed by atoms with Crippen molar-refractivity contribution in [2.24, 2.45) is 0 Å². The quantitative estimate of drug-likeness (QED) is 0.325. The van der Waals surface area contributed by atoms with Crippen molar-refractivity contribution in [3.05, 3.63) is 101 Å². The van der Waals surface area contributed by atoms with Gasteiger partial charge in [0.1, 0.15) is 11.6 Å². The molecule has 0 radical (unpaired) electrons. The molecular weight excluding hydrogens is 512 g/mol. The molecule has 1 amide bonds. The smallest absolute Gasteiger partial charge is 0.251 e. The molecule has 3 N–H and O–H groups in total. The maximum absolute atomic E-state index is 13.8. The Hall–Kier alpha value is -3.18. The third-order valence-electron chi connectivity index (χ3n) is 6.14. The molecule has 10 heteroatoms. The summed E-state index contributed by atoms with van der Waals surface area (Å²) in [6.07, 6.45) is -0.216. The molecule has 0 saturated carbocycles. The minimum Gasteiger partial charge on any atom is -0.390 e. The highest BCUT2D eigenvalue weighted by molar-refractivity contribution is 7.89. The summed E-state index contributed by atoms with van der Waals surface area (Å²) >= 11 is 0. The molecule has 3 aromatic rings. The van der Waals surface area contributed by atoms with Crippen molar-refractivity contribution < 1.29 is 27.1 Å². The average Bonchev–Trinajstić information content (AvgIpc) is 2.87. The van der Waals surface area contributed by atoms with Crippen LogP contribution in [-0.4, -0.2) is 56.5 Å². The highest BCUT2D eigenvalue weighted by atomic mass is 32.2. The topological polar surface area (TPSA) is 98.7 Å². The van der Waals surface area contributed by atoms with E-state index in [2.05, 4.69) is 23.6 Å². The zero-order valence-corrected chi connectivity index (χ0v) is 22.4. The fourth-order valence-corrected chi connectivity index (χ4v) is 4.87. The van der Waals surface area contributed by atoms with Crippen molar-refractivity contribution in [1.82, 2.24) is 14.9 Å². The Morgan fingerprint density at radius 3 is 2.18 bits per heavy atom. The van der Waals surface area contributed by atoms with E-state index in [0.29, 0.717) is 6.54 Å². The average molecular weight is 546 g/mol. The van der Waals surface area contributed by atoms with Gasteiger partial charge in [-0.15, -0.1) is 0 Å². The molecule has 7 nitrogen and oxygen atoms in total. The third-order valence-corrected chi connectivity index (χ3v) is 7.97. The predicted octanol–water partition coefficient (Wildman–Crippen LogP) is 3.27. The van der Waals surface area contributed by atoms with Crippen molar-refractivity contribution in [3.63, 3.8) is 0 Å². The Labute approximate surface area is 222 Å². The van der Waals surface area contributed by atoms with Crippen molar-refractivity contribution in [3.8, 4) is 0 Å². The first-order valence-electron chi connectivity index (χ1n) is 12.2. The molecule has 0 aliphatic heterocycles. The maximum atomic E-state index is 13.8. The first-order chi connectivity index (χ1) is 18.0. The summed E-state index contributed by atoms with van der Waals surface area (Å²) in [6, 6.07) is 15.6. The molecule has 0 fully saturated rings. The molecule has 0 heterocycles. The Kier molecular flexibility index (Phi) is 10.1. The van der Waals surface area contributed by atoms with Gasteiger partial charge in [0, 0.05) is 38.8 Å². The number of hydrogen-bond acceptors (Lipinski definition) is 5. The number of aliphatic hydroxyl groups excluding tert-OH is 1. The molecule has 0 bridgehead atoms. The van der Waals surface area contributed by atoms with Gasteiger partial charge >= 0.3 is 0 Å². The van der Waals surface area contributed by atoms with Crippen LogP contribution >= 0.6 is 0 Å². The molecule has 204 valence electrons. The maximum Gasteiger partial charge on any atom is 0.251 e. The van der Waals surface area contributed by atoms with Crippen LogP contribution in [0.4, 0.5) is 8.78 Å². The number of nitrogens with one attached hydrogen (secondary N) is 2. The second-order valence-corrected chi connectivity index (χ2v) is 11.4. The third kappa shape index (κ3) is 7.91. The van der Waals surface area contributed by atoms with Gasteiger partial charge in [0.2, 0.25) is 10.0 Å². The fraction of sp³-hybridized carbons (Fsp3) is 0.321. The number of rotatable bonds is 12. The molecule has 0 aliphatic carbocycles. The Morgan fingerprint density at radius 1 is 0.947 bits per heavy atom. The van der Waals surface area contributed by atoms with Gasteiger partial charge in [0.25, 0.3) is 5.91 Å². The minimum atomic E-state index is -3.66. The molecule has 0 aromatic heterocycles. The van der Waals surface area contributed by atoms with E-state index in [9.17, 15) is 27.1 Å². The number of aryl methyl sites for hydroxylation is 1. The van der Waals surface area contributed by atoms with Crippen molar-refractivity contribution in [2.75, 3.05) is 20.6 Å². The van der Waals surface area contributed by atoms with E-state index in [0.717, 1.165) is 34.5 Å². The molecule has 38 heavy (non-hydrogen) atoms. The summed E-state index contributed by atoms with van der Waals surface area (Å²) in [6.45, 7) is 2.66. The molecule has 0 unspecified atom stereocenters. The van der Waals surface area contributed by atoms with E-state index in [1.165, 1.54) is 43.9 Å². The summed E-state index contributed by atoms with van der Waals surface area (Å²) < 4.78 is 53.3. The molecule has 0 saturated heterocycles. The standard InChI is InChI=1S/C28H33F2N3O4S/c1-4-19-6-5-7-20(12-19)17-31-18-27(34)26(15-21-13-23(29)16-24(30)14-21)32-28(35)22-8-10-25(11-9-22)38(36,37)33(2)3/h5-14,16,26-27,31,34H,4,15,17-18H2,1-3H3,(H,32,35)/t26-,27+/m0/s1. The molecule has 3 aromatic carbocycles. The molecular formula is C28H33F2N3O4S. The zero-order valence-electron chi connectivity index (χ0n) is 21.6. The van der Waals surface area contributed by atoms with E-state index < -0.39 is 39.7 Å². The largest absolute Gasteiger partial charge is 0.390 e. The summed E-state index contributed by atoms with van der Waals surface area (Å²) in [5.41, 5.74) is 2.68. The van der Waals surface area contributed by atoms with Gasteiger partial charge in [0.15, 0.2) is 0 Å². The van der Waals surface area contributed by atoms with Gasteiger partial charge in [-0.2, -0.15) is 0 Å². The van der Waals surface area contributed by atoms with Gasteiger partial charge in [-0.25, -0.2) is 21.5 Å². The van der Waals surface area contributed by atoms with Gasteiger partial charge < -0.3 is 15.7 Å². The van der Waals surface area contributed by atoms with Crippen LogP contribution in [0.1, 0.15) is 34.0 Å². The highest BCUT2D eigenvalue weighted by Crippen LogP contribution is 2.16. The van der Waals surface area contributed by atoms with Crippen molar-refractivity contribution >= 4 is 15.9 Å². The predicted molar refractivity (Wildman–Crippen MR) is 142 cm³/mol. The molecule has 3 rings (SSSR count). The lowest BCUT2D eigenvalue weighted by Crippen LogP contribution is -2.48. The van der Waals surface area contributed by atoms with E-state index >= 15 is 0 Å². The number of sulfonamides is 1. The van der Waals surface area contributed by atoms with E-state index in [1.54, 1.807) is 0 Å². The number of carbonyl (C=O) groups is 1. The van der Waals surface area contributed by atoms with Crippen LogP contribution in [0, 0.1) is 11.6 Å². The zero-order chi connectivity index (χ0) is 27.9. The molecule has 2 atom stereocenters. The number of nitrogens with zero attached hydrogens (tertiary/aromatic N) is 1. The first-order valence-corrected chi connectivity index (χ1v) is 13.7. The van der Waals surface area contributed by atoms with Gasteiger partial charge in [0.05, 0.1) is 17.0 Å². The Bertz CT molecular complexity index is 1330. The van der Waals surface area contributed by atoms with Gasteiger partial charge in [-0.3, -0.25) is 4.79 Å². The van der Waals surface area contributed by atoms with Crippen molar-refractivity contribution in [2.45, 2.75) is 43.4 Å². The molecule has 0 spiro atoms. The van der Waals surface area contributed by atoms with Crippen LogP contribution < -0.4 is 10.6 Å². The van der Waals surface area contributed by atoms with Crippen LogP contribution in [0.2, 0.25) is 0 Å². The number of halogens is 2. The second kappa shape index (κ2) is 13.1. The van der Waals surface area contributed by atoms with E-state index in [1.807, 2.05) is 18.2 Å². The number of carbonyl (C=O) groups excluding carboxylic acids is 1. The Morgan fingerprint density at radius 2 is 1.58 bits per heavy atom. The second-order valence-electron chi connectivity index (χ2n) is 9.25. The summed E-state index contributed by atoms with van der Waals surface area (Å²) in [7, 11) is -0.843. The Balaban J connectivity index is 1.74.